The summed E-state index contributed by atoms with van der Waals surface area (Å²) >= 11 is 0. The monoisotopic (exact) mass is 1740 g/mol. The van der Waals surface area contributed by atoms with Crippen molar-refractivity contribution in [2.75, 3.05) is 33.9 Å². The van der Waals surface area contributed by atoms with Crippen LogP contribution in [0.3, 0.4) is 0 Å². The van der Waals surface area contributed by atoms with E-state index in [2.05, 4.69) is 29.8 Å². The van der Waals surface area contributed by atoms with Crippen molar-refractivity contribution in [2.24, 2.45) is 81.9 Å². The molecule has 33 heteroatoms. The molecule has 3 aliphatic heterocycles. The van der Waals surface area contributed by atoms with E-state index in [0.29, 0.717) is 43.2 Å². The number of carboxylic acids is 2. The van der Waals surface area contributed by atoms with Crippen molar-refractivity contribution in [1.82, 2.24) is 25.8 Å². The van der Waals surface area contributed by atoms with E-state index in [0.717, 1.165) is 86.6 Å². The molecule has 4 aromatic carbocycles. The Morgan fingerprint density at radius 3 is 1.22 bits per heavy atom. The smallest absolute Gasteiger partial charge is 0.411 e. The van der Waals surface area contributed by atoms with Crippen molar-refractivity contribution in [3.05, 3.63) is 144 Å². The lowest BCUT2D eigenvalue weighted by molar-refractivity contribution is -0.151. The van der Waals surface area contributed by atoms with Crippen LogP contribution < -0.4 is 44.6 Å². The quantitative estimate of drug-likeness (QED) is 0.0148. The number of halogens is 2. The van der Waals surface area contributed by atoms with Gasteiger partial charge in [-0.1, -0.05) is 196 Å². The molecule has 123 heavy (non-hydrogen) atoms. The predicted octanol–water partition coefficient (Wildman–Crippen LogP) is 10.1. The number of nitrogens with one attached hydrogen (secondary N) is 3. The fraction of sp³-hybridized carbons (Fsp3) is 0.578. The summed E-state index contributed by atoms with van der Waals surface area (Å²) in [6, 6.07) is 33.1. The third-order valence-corrected chi connectivity index (χ3v) is 20.5. The molecule has 0 aromatic heterocycles. The molecule has 15 atom stereocenters. The zero-order valence-corrected chi connectivity index (χ0v) is 70.8. The standard InChI is InChI=1S/C25H35N3O5.C18H23N3O4.C13H17NO3.C12H16N2O3.C11H17NO4.C7H14O2.2CH3F.2CH4.H2/c1-3-4-8-16(2)24(31)28-14-18-13-19(18)22(28)23(30)27-20(11-12-21(26)29)25(32)33-15-17-9-6-5-7-10-17;19-15(22)7-6-14(18(24)25-10-11-4-2-1-3-5-11)21-17(23)16-13-8-12(13)9-20-16;1-10(7-8-12(14)15)13(16)17-9-11-5-3-2-4-6-11;13-10(6-7-11(14)15)12(16)17-8-9-4-2-1-3-5-9;1-11(2,3)16-10(15)12-5-6-4-7(6)8(12)9(13)14;1-3-4-5-6(2)7(8)9;2*1-2;;;/h5-7,9-10,16,18-20,22H,3-4,8,11-15H2,1-2H3,(H2,26,29)(H,27,30);1-5,12-14,16,20H,6-10H2,(H2,19,22)(H,21,23);2-6,10H,7-9H2,1H3,(H2,14,15);1-5,10H,6-8,13H2,(H2,14,15);6-8H,4-5H2,1-3H3,(H,13,14);6H,3-5H2,1-2H3,(H,8,9);2*1H3;2*1H4;1H/t16-,18+,19+,20-,22-;12-,13-,14+,16+;2*10-;6-,7-,8+;6-;;;;;/m010010...../s1/i;;;;;;2*1D;;;1+1. The van der Waals surface area contributed by atoms with Crippen LogP contribution >= 0.6 is 0 Å². The number of benzene rings is 4. The SMILES string of the molecule is C.C.CC(C)(C)OC(=O)N1C[C@H]2C[C@H]2[C@H]1C(=O)O.CCCC[C@H](C)C(=O)N1C[C@H]2C[C@H]2[C@H]1C(=O)N[C@@H](CCC(N)=O)C(=O)OCc1ccccc1.CCCC[C@H](C)C(=O)O.C[C@@H](CCC(N)=O)C(=O)OCc1ccccc1.NC(=O)CC[C@H](N)C(=O)OCc1ccccc1.NC(=O)CC[C@H](NC(=O)[C@H]1NC[C@H]2C[C@H]21)C(=O)OCc1ccccc1.[2HH].[2H]CF.[2H]CF. The van der Waals surface area contributed by atoms with Gasteiger partial charge >= 0.3 is 41.9 Å². The van der Waals surface area contributed by atoms with Crippen LogP contribution in [0.4, 0.5) is 13.6 Å². The number of alkyl halides is 2. The number of nitrogens with two attached hydrogens (primary N) is 5. The van der Waals surface area contributed by atoms with Gasteiger partial charge in [0.15, 0.2) is 0 Å². The number of primary amides is 4. The molecule has 688 valence electrons. The molecule has 0 spiro atoms. The van der Waals surface area contributed by atoms with E-state index in [1.807, 2.05) is 128 Å². The number of amides is 8. The van der Waals surface area contributed by atoms with Gasteiger partial charge in [-0.15, -0.1) is 0 Å². The number of piperidine rings is 3. The van der Waals surface area contributed by atoms with Crippen molar-refractivity contribution in [2.45, 2.75) is 248 Å². The molecular weight excluding hydrogens is 1600 g/mol. The van der Waals surface area contributed by atoms with Gasteiger partial charge in [0.1, 0.15) is 62.2 Å². The maximum atomic E-state index is 13.2. The Bertz CT molecular complexity index is 3890. The van der Waals surface area contributed by atoms with E-state index in [1.54, 1.807) is 39.5 Å². The molecule has 4 aromatic rings. The fourth-order valence-corrected chi connectivity index (χ4v) is 13.3. The molecule has 3 saturated carbocycles. The second-order valence-electron chi connectivity index (χ2n) is 31.7. The summed E-state index contributed by atoms with van der Waals surface area (Å²) < 4.78 is 57.0. The minimum absolute atomic E-state index is 0. The molecule has 0 unspecified atom stereocenters. The highest BCUT2D eigenvalue weighted by molar-refractivity contribution is 5.93. The number of hydrogen-bond donors (Lipinski definition) is 10. The molecule has 31 nitrogen and oxygen atoms in total. The van der Waals surface area contributed by atoms with Crippen LogP contribution in [0.25, 0.3) is 0 Å². The van der Waals surface area contributed by atoms with E-state index < -0.39 is 110 Å². The lowest BCUT2D eigenvalue weighted by Gasteiger charge is -2.30. The van der Waals surface area contributed by atoms with Gasteiger partial charge in [0.05, 0.1) is 34.9 Å². The summed E-state index contributed by atoms with van der Waals surface area (Å²) in [4.78, 5) is 166. The summed E-state index contributed by atoms with van der Waals surface area (Å²) in [5, 5.41) is 26.1. The third-order valence-electron chi connectivity index (χ3n) is 20.5. The first-order chi connectivity index (χ1) is 58.3. The minimum atomic E-state index is -1.00. The lowest BCUT2D eigenvalue weighted by Crippen LogP contribution is -2.53. The number of unbranched alkanes of at least 4 members (excludes halogenated alkanes) is 2. The molecule has 6 fully saturated rings. The van der Waals surface area contributed by atoms with Crippen molar-refractivity contribution in [3.63, 3.8) is 0 Å². The highest BCUT2D eigenvalue weighted by atomic mass is 19.1. The van der Waals surface area contributed by atoms with Crippen LogP contribution in [0.2, 0.25) is 0 Å². The Morgan fingerprint density at radius 1 is 0.496 bits per heavy atom. The van der Waals surface area contributed by atoms with Crippen molar-refractivity contribution >= 4 is 83.3 Å². The number of carbonyl (C=O) groups excluding carboxylic acids is 12. The topological polar surface area (TPSA) is 498 Å². The third kappa shape index (κ3) is 42.1. The van der Waals surface area contributed by atoms with Crippen LogP contribution in [0, 0.1) is 53.3 Å². The second kappa shape index (κ2) is 58.2. The zero-order valence-electron chi connectivity index (χ0n) is 72.8. The van der Waals surface area contributed by atoms with Gasteiger partial charge in [-0.2, -0.15) is 0 Å². The van der Waals surface area contributed by atoms with Crippen LogP contribution in [0.5, 0.6) is 0 Å². The minimum Gasteiger partial charge on any atom is -0.481 e. The summed E-state index contributed by atoms with van der Waals surface area (Å²) in [6.07, 6.45) is 9.15. The fourth-order valence-electron chi connectivity index (χ4n) is 13.3. The van der Waals surface area contributed by atoms with E-state index in [9.17, 15) is 75.9 Å². The summed E-state index contributed by atoms with van der Waals surface area (Å²) in [5.74, 6) is -4.79. The number of carboxylic acid groups (broad SMARTS) is 2. The van der Waals surface area contributed by atoms with E-state index >= 15 is 0 Å². The van der Waals surface area contributed by atoms with Gasteiger partial charge in [-0.05, 0) is 143 Å². The summed E-state index contributed by atoms with van der Waals surface area (Å²) in [7, 11) is -2.00. The first-order valence-corrected chi connectivity index (χ1v) is 40.9. The number of rotatable bonds is 37. The van der Waals surface area contributed by atoms with Crippen molar-refractivity contribution in [3.8, 4) is 0 Å². The number of esters is 4. The number of hydrogen-bond acceptors (Lipinski definition) is 21. The molecule has 3 aliphatic carbocycles. The van der Waals surface area contributed by atoms with Gasteiger partial charge < -0.3 is 83.4 Å². The number of carbonyl (C=O) groups is 14. The maximum absolute atomic E-state index is 13.2. The number of nitrogens with zero attached hydrogens (tertiary/aromatic N) is 2. The normalized spacial score (nSPS) is 19.9. The molecule has 3 saturated heterocycles. The predicted molar refractivity (Wildman–Crippen MR) is 461 cm³/mol. The van der Waals surface area contributed by atoms with Crippen molar-refractivity contribution in [1.29, 1.82) is 0 Å². The van der Waals surface area contributed by atoms with E-state index in [1.165, 1.54) is 4.90 Å². The first-order valence-electron chi connectivity index (χ1n) is 42.3. The Balaban J connectivity index is 0.00000151. The Hall–Kier alpha value is -11.0. The largest absolute Gasteiger partial charge is 0.481 e. The molecule has 0 radical (unpaired) electrons. The van der Waals surface area contributed by atoms with Crippen LogP contribution in [0.1, 0.15) is 206 Å². The zero-order chi connectivity index (χ0) is 91.9. The van der Waals surface area contributed by atoms with Crippen LogP contribution in [0.15, 0.2) is 121 Å². The van der Waals surface area contributed by atoms with Crippen LogP contribution in [-0.4, -0.2) is 179 Å². The molecular formula is C90H138F2N10O21. The number of likely N-dealkylation sites (tertiary alicyclic amines) is 2. The van der Waals surface area contributed by atoms with E-state index in [-0.39, 0.29) is 147 Å². The van der Waals surface area contributed by atoms with Crippen molar-refractivity contribution < 1.29 is 114 Å². The molecule has 3 heterocycles. The Morgan fingerprint density at radius 2 is 0.854 bits per heavy atom. The lowest BCUT2D eigenvalue weighted by atomic mass is 10.0. The van der Waals surface area contributed by atoms with Gasteiger partial charge in [0, 0.05) is 46.1 Å². The van der Waals surface area contributed by atoms with E-state index in [4.69, 9.17) is 65.3 Å². The summed E-state index contributed by atoms with van der Waals surface area (Å²) in [6.45, 7) is 17.5. The second-order valence-corrected chi connectivity index (χ2v) is 31.7. The average Bonchev–Trinajstić information content (AvgIpc) is 1.59. The summed E-state index contributed by atoms with van der Waals surface area (Å²) in [5.41, 5.74) is 28.9. The molecule has 10 rings (SSSR count). The first kappa shape index (κ1) is 106. The number of fused-ring (bicyclic) bond motifs is 3. The molecule has 0 bridgehead atoms. The number of ether oxygens (including phenoxy) is 5. The average molecular weight is 1740 g/mol. The highest BCUT2D eigenvalue weighted by Crippen LogP contribution is 2.51. The van der Waals surface area contributed by atoms with Gasteiger partial charge in [-0.25, -0.2) is 19.2 Å². The number of aliphatic carboxylic acids is 2. The van der Waals surface area contributed by atoms with Crippen LogP contribution in [-0.2, 0) is 112 Å². The highest BCUT2D eigenvalue weighted by Gasteiger charge is 2.59. The maximum Gasteiger partial charge on any atom is 0.411 e. The van der Waals surface area contributed by atoms with Gasteiger partial charge in [-0.3, -0.25) is 61.6 Å². The molecule has 15 N–H and O–H groups in total. The van der Waals surface area contributed by atoms with Gasteiger partial charge in [0.25, 0.3) is 0 Å². The van der Waals surface area contributed by atoms with Gasteiger partial charge in [0.2, 0.25) is 41.4 Å². The Kier molecular flexibility index (Phi) is 50.2. The molecule has 8 amide bonds. The molecule has 6 aliphatic rings. The Labute approximate surface area is 727 Å².